The number of aryl methyl sites for hydroxylation is 1. The van der Waals surface area contributed by atoms with Crippen molar-refractivity contribution >= 4 is 5.91 Å². The van der Waals surface area contributed by atoms with Crippen LogP contribution in [0.3, 0.4) is 0 Å². The van der Waals surface area contributed by atoms with Crippen LogP contribution in [0.4, 0.5) is 0 Å². The van der Waals surface area contributed by atoms with Gasteiger partial charge in [-0.1, -0.05) is 0 Å². The molecule has 5 heteroatoms. The average molecular weight is 238 g/mol. The Bertz CT molecular complexity index is 382. The highest BCUT2D eigenvalue weighted by Crippen LogP contribution is 2.18. The van der Waals surface area contributed by atoms with Crippen LogP contribution in [0.2, 0.25) is 0 Å². The van der Waals surface area contributed by atoms with Crippen molar-refractivity contribution in [3.05, 3.63) is 29.6 Å². The summed E-state index contributed by atoms with van der Waals surface area (Å²) in [6.45, 7) is 3.58. The van der Waals surface area contributed by atoms with Crippen molar-refractivity contribution in [3.8, 4) is 0 Å². The Morgan fingerprint density at radius 1 is 1.53 bits per heavy atom. The highest BCUT2D eigenvalue weighted by atomic mass is 16.3. The number of hydrogen-bond donors (Lipinski definition) is 3. The Hall–Kier alpha value is -1.46. The summed E-state index contributed by atoms with van der Waals surface area (Å²) in [6, 6.07) is 3.39. The number of aromatic nitrogens is 1. The monoisotopic (exact) mass is 238 g/mol. The molecule has 1 heterocycles. The molecule has 0 spiro atoms. The molecule has 0 aliphatic carbocycles. The highest BCUT2D eigenvalue weighted by Gasteiger charge is 2.18. The Morgan fingerprint density at radius 3 is 2.82 bits per heavy atom. The van der Waals surface area contributed by atoms with Crippen molar-refractivity contribution in [1.82, 2.24) is 10.3 Å². The lowest BCUT2D eigenvalue weighted by Gasteiger charge is -2.18. The van der Waals surface area contributed by atoms with Crippen LogP contribution in [0.5, 0.6) is 0 Å². The zero-order chi connectivity index (χ0) is 12.8. The molecule has 0 aliphatic heterocycles. The minimum absolute atomic E-state index is 0.147. The molecule has 1 aromatic rings. The van der Waals surface area contributed by atoms with Crippen molar-refractivity contribution < 1.29 is 15.0 Å². The molecule has 0 radical (unpaired) electrons. The van der Waals surface area contributed by atoms with Gasteiger partial charge in [0.15, 0.2) is 0 Å². The lowest BCUT2D eigenvalue weighted by atomic mass is 10.0. The summed E-state index contributed by atoms with van der Waals surface area (Å²) in [5.41, 5.74) is 1.42. The van der Waals surface area contributed by atoms with Gasteiger partial charge in [0.1, 0.15) is 6.10 Å². The topological polar surface area (TPSA) is 82.5 Å². The molecular formula is C12H18N2O3. The summed E-state index contributed by atoms with van der Waals surface area (Å²) in [6.07, 6.45) is 0.0467. The van der Waals surface area contributed by atoms with Crippen molar-refractivity contribution in [2.45, 2.75) is 32.5 Å². The van der Waals surface area contributed by atoms with Crippen LogP contribution >= 0.6 is 0 Å². The summed E-state index contributed by atoms with van der Waals surface area (Å²) >= 11 is 0. The van der Waals surface area contributed by atoms with Gasteiger partial charge in [0, 0.05) is 25.4 Å². The average Bonchev–Trinajstić information content (AvgIpc) is 2.27. The Kier molecular flexibility index (Phi) is 5.06. The number of nitrogens with zero attached hydrogens (tertiary/aromatic N) is 1. The molecule has 5 nitrogen and oxygen atoms in total. The molecule has 1 rings (SSSR count). The van der Waals surface area contributed by atoms with E-state index in [2.05, 4.69) is 10.3 Å². The van der Waals surface area contributed by atoms with Crippen molar-refractivity contribution in [2.75, 3.05) is 6.54 Å². The van der Waals surface area contributed by atoms with E-state index in [1.54, 1.807) is 18.3 Å². The summed E-state index contributed by atoms with van der Waals surface area (Å²) < 4.78 is 0. The second kappa shape index (κ2) is 6.32. The van der Waals surface area contributed by atoms with Crippen molar-refractivity contribution in [2.24, 2.45) is 0 Å². The smallest absolute Gasteiger partial charge is 0.216 e. The minimum atomic E-state index is -0.953. The van der Waals surface area contributed by atoms with Gasteiger partial charge in [0.25, 0.3) is 0 Å². The van der Waals surface area contributed by atoms with E-state index < -0.39 is 12.2 Å². The Balaban J connectivity index is 2.51. The van der Waals surface area contributed by atoms with Gasteiger partial charge >= 0.3 is 0 Å². The van der Waals surface area contributed by atoms with E-state index in [9.17, 15) is 15.0 Å². The molecular weight excluding hydrogens is 220 g/mol. The number of pyridine rings is 1. The first kappa shape index (κ1) is 13.6. The third-order valence-corrected chi connectivity index (χ3v) is 2.44. The van der Waals surface area contributed by atoms with Gasteiger partial charge in [0.2, 0.25) is 5.91 Å². The molecule has 1 amide bonds. The van der Waals surface area contributed by atoms with Crippen LogP contribution in [0.25, 0.3) is 0 Å². The summed E-state index contributed by atoms with van der Waals surface area (Å²) in [4.78, 5) is 14.7. The van der Waals surface area contributed by atoms with E-state index in [1.165, 1.54) is 6.92 Å². The Morgan fingerprint density at radius 2 is 2.24 bits per heavy atom. The maximum Gasteiger partial charge on any atom is 0.216 e. The zero-order valence-electron chi connectivity index (χ0n) is 10.1. The fourth-order valence-electron chi connectivity index (χ4n) is 1.53. The van der Waals surface area contributed by atoms with E-state index in [1.807, 2.05) is 6.92 Å². The fraction of sp³-hybridized carbons (Fsp3) is 0.500. The molecule has 0 aliphatic rings. The number of carbonyl (C=O) groups excluding carboxylic acids is 1. The molecule has 0 bridgehead atoms. The Labute approximate surface area is 101 Å². The van der Waals surface area contributed by atoms with E-state index in [-0.39, 0.29) is 5.91 Å². The van der Waals surface area contributed by atoms with Crippen molar-refractivity contribution in [1.29, 1.82) is 0 Å². The predicted octanol–water partition coefficient (Wildman–Crippen LogP) is 0.311. The van der Waals surface area contributed by atoms with Gasteiger partial charge < -0.3 is 15.5 Å². The molecule has 0 aromatic carbocycles. The molecule has 94 valence electrons. The van der Waals surface area contributed by atoms with Gasteiger partial charge in [-0.15, -0.1) is 0 Å². The third-order valence-electron chi connectivity index (χ3n) is 2.44. The SMILES string of the molecule is CC(=O)NCCC(O)C(O)c1ccnc(C)c1. The number of rotatable bonds is 5. The van der Waals surface area contributed by atoms with Gasteiger partial charge in [0.05, 0.1) is 6.10 Å². The molecule has 0 saturated carbocycles. The lowest BCUT2D eigenvalue weighted by Crippen LogP contribution is -2.27. The first-order valence-corrected chi connectivity index (χ1v) is 5.54. The van der Waals surface area contributed by atoms with Gasteiger partial charge in [-0.05, 0) is 31.0 Å². The molecule has 2 unspecified atom stereocenters. The predicted molar refractivity (Wildman–Crippen MR) is 63.2 cm³/mol. The van der Waals surface area contributed by atoms with Gasteiger partial charge in [-0.3, -0.25) is 9.78 Å². The number of carbonyl (C=O) groups is 1. The first-order chi connectivity index (χ1) is 8.00. The number of aliphatic hydroxyl groups excluding tert-OH is 2. The maximum absolute atomic E-state index is 10.6. The van der Waals surface area contributed by atoms with Crippen LogP contribution in [0.15, 0.2) is 18.3 Å². The summed E-state index contributed by atoms with van der Waals surface area (Å²) in [7, 11) is 0. The number of aliphatic hydroxyl groups is 2. The fourth-order valence-corrected chi connectivity index (χ4v) is 1.53. The second-order valence-corrected chi connectivity index (χ2v) is 4.01. The zero-order valence-corrected chi connectivity index (χ0v) is 10.1. The molecule has 1 aromatic heterocycles. The molecule has 0 fully saturated rings. The van der Waals surface area contributed by atoms with Crippen LogP contribution in [0, 0.1) is 6.92 Å². The largest absolute Gasteiger partial charge is 0.390 e. The van der Waals surface area contributed by atoms with Crippen LogP contribution in [0.1, 0.15) is 30.7 Å². The molecule has 2 atom stereocenters. The normalized spacial score (nSPS) is 14.1. The quantitative estimate of drug-likeness (QED) is 0.689. The highest BCUT2D eigenvalue weighted by molar-refractivity contribution is 5.72. The summed E-state index contributed by atoms with van der Waals surface area (Å²) in [5.74, 6) is -0.147. The molecule has 17 heavy (non-hydrogen) atoms. The number of amides is 1. The van der Waals surface area contributed by atoms with E-state index >= 15 is 0 Å². The first-order valence-electron chi connectivity index (χ1n) is 5.54. The summed E-state index contributed by atoms with van der Waals surface area (Å²) in [5, 5.41) is 22.2. The lowest BCUT2D eigenvalue weighted by molar-refractivity contribution is -0.119. The van der Waals surface area contributed by atoms with Crippen molar-refractivity contribution in [3.63, 3.8) is 0 Å². The van der Waals surface area contributed by atoms with E-state index in [0.717, 1.165) is 5.69 Å². The third kappa shape index (κ3) is 4.50. The standard InChI is InChI=1S/C12H18N2O3/c1-8-7-10(3-5-13-8)12(17)11(16)4-6-14-9(2)15/h3,5,7,11-12,16-17H,4,6H2,1-2H3,(H,14,15). The van der Waals surface area contributed by atoms with Crippen LogP contribution < -0.4 is 5.32 Å². The maximum atomic E-state index is 10.6. The van der Waals surface area contributed by atoms with E-state index in [0.29, 0.717) is 18.5 Å². The van der Waals surface area contributed by atoms with Crippen LogP contribution in [-0.2, 0) is 4.79 Å². The van der Waals surface area contributed by atoms with Gasteiger partial charge in [-0.2, -0.15) is 0 Å². The number of nitrogens with one attached hydrogen (secondary N) is 1. The number of hydrogen-bond acceptors (Lipinski definition) is 4. The van der Waals surface area contributed by atoms with Gasteiger partial charge in [-0.25, -0.2) is 0 Å². The molecule has 3 N–H and O–H groups in total. The minimum Gasteiger partial charge on any atom is -0.390 e. The van der Waals surface area contributed by atoms with E-state index in [4.69, 9.17) is 0 Å². The second-order valence-electron chi connectivity index (χ2n) is 4.01. The van der Waals surface area contributed by atoms with Crippen LogP contribution in [-0.4, -0.2) is 33.8 Å². The molecule has 0 saturated heterocycles.